The fraction of sp³-hybridized carbons (Fsp3) is 0.150. The summed E-state index contributed by atoms with van der Waals surface area (Å²) in [7, 11) is 0. The van der Waals surface area contributed by atoms with Gasteiger partial charge < -0.3 is 10.4 Å². The van der Waals surface area contributed by atoms with Gasteiger partial charge in [0.25, 0.3) is 5.91 Å². The Balaban J connectivity index is 1.84. The predicted molar refractivity (Wildman–Crippen MR) is 102 cm³/mol. The number of nitrogens with zero attached hydrogens (tertiary/aromatic N) is 2. The summed E-state index contributed by atoms with van der Waals surface area (Å²) in [5, 5.41) is 16.9. The first-order valence-electron chi connectivity index (χ1n) is 8.34. The Morgan fingerprint density at radius 2 is 1.81 bits per heavy atom. The second-order valence-corrected chi connectivity index (χ2v) is 6.52. The molecular weight excluding hydrogens is 366 g/mol. The number of aromatic nitrogens is 2. The van der Waals surface area contributed by atoms with Crippen LogP contribution in [0.15, 0.2) is 60.8 Å². The van der Waals surface area contributed by atoms with E-state index in [0.29, 0.717) is 21.8 Å². The Morgan fingerprint density at radius 3 is 2.44 bits per heavy atom. The largest absolute Gasteiger partial charge is 0.481 e. The number of carbonyl (C=O) groups excluding carboxylic acids is 1. The van der Waals surface area contributed by atoms with Gasteiger partial charge in [-0.3, -0.25) is 9.59 Å². The van der Waals surface area contributed by atoms with Crippen LogP contribution in [0.2, 0.25) is 5.02 Å². The molecule has 6 nitrogen and oxygen atoms in total. The third-order valence-electron chi connectivity index (χ3n) is 4.12. The first-order chi connectivity index (χ1) is 12.9. The SMILES string of the molecule is Cc1nn(-c2ccccc2)cc1C(=O)NC(CC(=O)O)c1ccc(Cl)cc1. The maximum atomic E-state index is 12.8. The number of rotatable bonds is 6. The second-order valence-electron chi connectivity index (χ2n) is 6.08. The van der Waals surface area contributed by atoms with Gasteiger partial charge >= 0.3 is 5.97 Å². The summed E-state index contributed by atoms with van der Waals surface area (Å²) in [6, 6.07) is 15.5. The van der Waals surface area contributed by atoms with Crippen molar-refractivity contribution in [1.82, 2.24) is 15.1 Å². The molecule has 1 unspecified atom stereocenters. The van der Waals surface area contributed by atoms with E-state index in [1.807, 2.05) is 30.3 Å². The molecule has 27 heavy (non-hydrogen) atoms. The number of halogens is 1. The van der Waals surface area contributed by atoms with E-state index >= 15 is 0 Å². The van der Waals surface area contributed by atoms with E-state index in [1.165, 1.54) is 0 Å². The molecule has 0 radical (unpaired) electrons. The number of carboxylic acids is 1. The molecule has 3 aromatic rings. The van der Waals surface area contributed by atoms with Crippen molar-refractivity contribution in [2.24, 2.45) is 0 Å². The van der Waals surface area contributed by atoms with Crippen molar-refractivity contribution in [3.8, 4) is 5.69 Å². The number of carbonyl (C=O) groups is 2. The quantitative estimate of drug-likeness (QED) is 0.678. The van der Waals surface area contributed by atoms with E-state index in [4.69, 9.17) is 11.6 Å². The number of aryl methyl sites for hydroxylation is 1. The van der Waals surface area contributed by atoms with E-state index in [9.17, 15) is 14.7 Å². The number of hydrogen-bond donors (Lipinski definition) is 2. The molecule has 0 aliphatic heterocycles. The number of benzene rings is 2. The average Bonchev–Trinajstić information content (AvgIpc) is 3.04. The summed E-state index contributed by atoms with van der Waals surface area (Å²) < 4.78 is 1.62. The predicted octanol–water partition coefficient (Wildman–Crippen LogP) is 3.78. The summed E-state index contributed by atoms with van der Waals surface area (Å²) in [5.41, 5.74) is 2.45. The third-order valence-corrected chi connectivity index (χ3v) is 4.37. The van der Waals surface area contributed by atoms with Crippen LogP contribution in [0.5, 0.6) is 0 Å². The van der Waals surface area contributed by atoms with Gasteiger partial charge in [0.1, 0.15) is 0 Å². The van der Waals surface area contributed by atoms with Crippen molar-refractivity contribution in [3.05, 3.63) is 82.6 Å². The molecule has 0 aliphatic carbocycles. The molecule has 1 aromatic heterocycles. The fourth-order valence-corrected chi connectivity index (χ4v) is 2.88. The molecule has 0 spiro atoms. The maximum absolute atomic E-state index is 12.8. The molecule has 1 amide bonds. The standard InChI is InChI=1S/C20H18ClN3O3/c1-13-17(12-24(23-13)16-5-3-2-4-6-16)20(27)22-18(11-19(25)26)14-7-9-15(21)10-8-14/h2-10,12,18H,11H2,1H3,(H,22,27)(H,25,26). The molecule has 0 saturated carbocycles. The fourth-order valence-electron chi connectivity index (χ4n) is 2.75. The monoisotopic (exact) mass is 383 g/mol. The van der Waals surface area contributed by atoms with E-state index in [0.717, 1.165) is 5.69 Å². The van der Waals surface area contributed by atoms with Gasteiger partial charge in [-0.2, -0.15) is 5.10 Å². The first-order valence-corrected chi connectivity index (χ1v) is 8.71. The highest BCUT2D eigenvalue weighted by Crippen LogP contribution is 2.21. The molecule has 0 fully saturated rings. The van der Waals surface area contributed by atoms with Crippen molar-refractivity contribution in [2.75, 3.05) is 0 Å². The summed E-state index contributed by atoms with van der Waals surface area (Å²) in [6.07, 6.45) is 1.40. The van der Waals surface area contributed by atoms with Crippen molar-refractivity contribution in [1.29, 1.82) is 0 Å². The molecule has 0 saturated heterocycles. The zero-order valence-electron chi connectivity index (χ0n) is 14.6. The summed E-state index contributed by atoms with van der Waals surface area (Å²) in [5.74, 6) is -1.39. The maximum Gasteiger partial charge on any atom is 0.305 e. The molecule has 7 heteroatoms. The lowest BCUT2D eigenvalue weighted by atomic mass is 10.0. The minimum absolute atomic E-state index is 0.237. The third kappa shape index (κ3) is 4.54. The van der Waals surface area contributed by atoms with Crippen molar-refractivity contribution in [2.45, 2.75) is 19.4 Å². The van der Waals surface area contributed by atoms with Crippen LogP contribution in [0.25, 0.3) is 5.69 Å². The van der Waals surface area contributed by atoms with Crippen molar-refractivity contribution >= 4 is 23.5 Å². The topological polar surface area (TPSA) is 84.2 Å². The highest BCUT2D eigenvalue weighted by Gasteiger charge is 2.21. The van der Waals surface area contributed by atoms with Crippen molar-refractivity contribution in [3.63, 3.8) is 0 Å². The smallest absolute Gasteiger partial charge is 0.305 e. The number of carboxylic acid groups (broad SMARTS) is 1. The van der Waals surface area contributed by atoms with Crippen LogP contribution < -0.4 is 5.32 Å². The van der Waals surface area contributed by atoms with Crippen LogP contribution in [0.3, 0.4) is 0 Å². The second kappa shape index (κ2) is 8.05. The molecule has 0 bridgehead atoms. The molecule has 1 heterocycles. The molecule has 2 aromatic carbocycles. The summed E-state index contributed by atoms with van der Waals surface area (Å²) in [6.45, 7) is 1.74. The van der Waals surface area contributed by atoms with Gasteiger partial charge in [0.15, 0.2) is 0 Å². The van der Waals surface area contributed by atoms with Crippen LogP contribution in [0.1, 0.15) is 34.1 Å². The Bertz CT molecular complexity index is 952. The Hall–Kier alpha value is -3.12. The van der Waals surface area contributed by atoms with Crippen molar-refractivity contribution < 1.29 is 14.7 Å². The number of aliphatic carboxylic acids is 1. The van der Waals surface area contributed by atoms with Gasteiger partial charge in [0, 0.05) is 11.2 Å². The average molecular weight is 384 g/mol. The van der Waals surface area contributed by atoms with Crippen LogP contribution in [0.4, 0.5) is 0 Å². The highest BCUT2D eigenvalue weighted by molar-refractivity contribution is 6.30. The van der Waals surface area contributed by atoms with Crippen LogP contribution >= 0.6 is 11.6 Å². The Morgan fingerprint density at radius 1 is 1.15 bits per heavy atom. The van der Waals surface area contributed by atoms with E-state index in [2.05, 4.69) is 10.4 Å². The van der Waals surface area contributed by atoms with Gasteiger partial charge in [0.2, 0.25) is 0 Å². The van der Waals surface area contributed by atoms with Gasteiger partial charge in [-0.05, 0) is 36.8 Å². The number of amides is 1. The lowest BCUT2D eigenvalue weighted by Crippen LogP contribution is -2.30. The number of hydrogen-bond acceptors (Lipinski definition) is 3. The van der Waals surface area contributed by atoms with Crippen LogP contribution in [-0.4, -0.2) is 26.8 Å². The molecule has 1 atom stereocenters. The first kappa shape index (κ1) is 18.7. The van der Waals surface area contributed by atoms with Gasteiger partial charge in [-0.25, -0.2) is 4.68 Å². The summed E-state index contributed by atoms with van der Waals surface area (Å²) in [4.78, 5) is 24.0. The van der Waals surface area contributed by atoms with Gasteiger partial charge in [-0.1, -0.05) is 41.9 Å². The van der Waals surface area contributed by atoms with Crippen LogP contribution in [0, 0.1) is 6.92 Å². The molecule has 138 valence electrons. The minimum Gasteiger partial charge on any atom is -0.481 e. The van der Waals surface area contributed by atoms with E-state index in [-0.39, 0.29) is 12.3 Å². The van der Waals surface area contributed by atoms with Gasteiger partial charge in [0.05, 0.1) is 29.4 Å². The number of nitrogens with one attached hydrogen (secondary N) is 1. The minimum atomic E-state index is -1.01. The Kier molecular flexibility index (Phi) is 5.57. The lowest BCUT2D eigenvalue weighted by Gasteiger charge is -2.17. The van der Waals surface area contributed by atoms with E-state index < -0.39 is 12.0 Å². The zero-order chi connectivity index (χ0) is 19.4. The van der Waals surface area contributed by atoms with Crippen LogP contribution in [-0.2, 0) is 4.79 Å². The zero-order valence-corrected chi connectivity index (χ0v) is 15.3. The van der Waals surface area contributed by atoms with Gasteiger partial charge in [-0.15, -0.1) is 0 Å². The molecule has 2 N–H and O–H groups in total. The van der Waals surface area contributed by atoms with E-state index in [1.54, 1.807) is 42.1 Å². The molecule has 0 aliphatic rings. The normalized spacial score (nSPS) is 11.8. The Labute approximate surface area is 161 Å². The summed E-state index contributed by atoms with van der Waals surface area (Å²) >= 11 is 5.89. The highest BCUT2D eigenvalue weighted by atomic mass is 35.5. The number of para-hydroxylation sites is 1. The molecular formula is C20H18ClN3O3. The molecule has 3 rings (SSSR count). The lowest BCUT2D eigenvalue weighted by molar-refractivity contribution is -0.137.